The van der Waals surface area contributed by atoms with E-state index >= 15 is 0 Å². The van der Waals surface area contributed by atoms with Crippen LogP contribution in [0.2, 0.25) is 0 Å². The number of hydrogen-bond acceptors (Lipinski definition) is 2. The van der Waals surface area contributed by atoms with E-state index in [9.17, 15) is 8.78 Å². The van der Waals surface area contributed by atoms with Crippen LogP contribution in [0.25, 0.3) is 0 Å². The molecule has 0 atom stereocenters. The zero-order valence-corrected chi connectivity index (χ0v) is 11.0. The highest BCUT2D eigenvalue weighted by atomic mass is 32.1. The van der Waals surface area contributed by atoms with E-state index in [0.717, 1.165) is 11.6 Å². The fourth-order valence-corrected chi connectivity index (χ4v) is 1.90. The molecule has 0 aliphatic carbocycles. The van der Waals surface area contributed by atoms with Crippen LogP contribution in [0.4, 0.5) is 20.2 Å². The highest BCUT2D eigenvalue weighted by Crippen LogP contribution is 2.25. The lowest BCUT2D eigenvalue weighted by Gasteiger charge is -2.13. The zero-order valence-electron chi connectivity index (χ0n) is 10.2. The number of nitrogens with one attached hydrogen (secondary N) is 1. The molecule has 5 heteroatoms. The molecule has 0 saturated carbocycles. The van der Waals surface area contributed by atoms with Crippen molar-refractivity contribution in [3.63, 3.8) is 0 Å². The molecule has 2 aromatic rings. The second kappa shape index (κ2) is 5.32. The first-order valence-electron chi connectivity index (χ1n) is 5.60. The molecule has 0 aliphatic heterocycles. The van der Waals surface area contributed by atoms with Crippen molar-refractivity contribution in [3.05, 3.63) is 59.2 Å². The number of nitrogens with two attached hydrogens (primary N) is 1. The first kappa shape index (κ1) is 13.4. The van der Waals surface area contributed by atoms with Crippen molar-refractivity contribution in [2.45, 2.75) is 6.92 Å². The fraction of sp³-hybridized carbons (Fsp3) is 0.0714. The number of hydrogen-bond donors (Lipinski definition) is 2. The van der Waals surface area contributed by atoms with Gasteiger partial charge < -0.3 is 11.1 Å². The zero-order chi connectivity index (χ0) is 14.0. The molecule has 0 spiro atoms. The van der Waals surface area contributed by atoms with Gasteiger partial charge in [0, 0.05) is 11.3 Å². The van der Waals surface area contributed by atoms with E-state index < -0.39 is 11.6 Å². The van der Waals surface area contributed by atoms with E-state index in [4.69, 9.17) is 18.0 Å². The Bertz CT molecular complexity index is 641. The molecule has 0 radical (unpaired) electrons. The molecule has 2 aromatic carbocycles. The van der Waals surface area contributed by atoms with Gasteiger partial charge in [0.25, 0.3) is 0 Å². The van der Waals surface area contributed by atoms with Gasteiger partial charge in [-0.2, -0.15) is 0 Å². The van der Waals surface area contributed by atoms with Gasteiger partial charge in [-0.05, 0) is 36.8 Å². The highest BCUT2D eigenvalue weighted by molar-refractivity contribution is 7.80. The predicted octanol–water partition coefficient (Wildman–Crippen LogP) is 3.65. The molecule has 0 aliphatic rings. The lowest BCUT2D eigenvalue weighted by molar-refractivity contribution is 0.512. The molecule has 0 amide bonds. The summed E-state index contributed by atoms with van der Waals surface area (Å²) >= 11 is 4.94. The summed E-state index contributed by atoms with van der Waals surface area (Å²) in [5.74, 6) is -1.84. The highest BCUT2D eigenvalue weighted by Gasteiger charge is 2.11. The second-order valence-corrected chi connectivity index (χ2v) is 4.58. The van der Waals surface area contributed by atoms with Crippen LogP contribution >= 0.6 is 12.2 Å². The SMILES string of the molecule is Cc1ccc(C(N)=S)c(Nc2cccc(F)c2F)c1. The molecule has 0 fully saturated rings. The second-order valence-electron chi connectivity index (χ2n) is 4.14. The third kappa shape index (κ3) is 2.88. The standard InChI is InChI=1S/C14H12F2N2S/c1-8-5-6-9(14(17)19)12(7-8)18-11-4-2-3-10(15)13(11)16/h2-7,18H,1H3,(H2,17,19). The van der Waals surface area contributed by atoms with Crippen LogP contribution in [0.15, 0.2) is 36.4 Å². The van der Waals surface area contributed by atoms with Crippen LogP contribution in [0.3, 0.4) is 0 Å². The van der Waals surface area contributed by atoms with Crippen molar-refractivity contribution in [1.82, 2.24) is 0 Å². The van der Waals surface area contributed by atoms with Gasteiger partial charge in [0.2, 0.25) is 0 Å². The maximum absolute atomic E-state index is 13.6. The summed E-state index contributed by atoms with van der Waals surface area (Å²) in [4.78, 5) is 0.194. The van der Waals surface area contributed by atoms with Crippen LogP contribution in [0, 0.1) is 18.6 Å². The first-order valence-corrected chi connectivity index (χ1v) is 6.01. The van der Waals surface area contributed by atoms with Crippen molar-refractivity contribution < 1.29 is 8.78 Å². The van der Waals surface area contributed by atoms with Gasteiger partial charge in [-0.15, -0.1) is 0 Å². The Morgan fingerprint density at radius 2 is 1.89 bits per heavy atom. The van der Waals surface area contributed by atoms with Gasteiger partial charge in [-0.1, -0.05) is 24.4 Å². The molecule has 0 unspecified atom stereocenters. The van der Waals surface area contributed by atoms with E-state index in [-0.39, 0.29) is 10.7 Å². The third-order valence-electron chi connectivity index (χ3n) is 2.66. The van der Waals surface area contributed by atoms with Crippen LogP contribution in [0.5, 0.6) is 0 Å². The summed E-state index contributed by atoms with van der Waals surface area (Å²) in [5, 5.41) is 2.82. The molecule has 3 N–H and O–H groups in total. The number of anilines is 2. The van der Waals surface area contributed by atoms with Gasteiger partial charge in [0.05, 0.1) is 5.69 Å². The summed E-state index contributed by atoms with van der Waals surface area (Å²) in [5.41, 5.74) is 7.75. The smallest absolute Gasteiger partial charge is 0.182 e. The summed E-state index contributed by atoms with van der Waals surface area (Å²) in [7, 11) is 0. The Balaban J connectivity index is 2.45. The topological polar surface area (TPSA) is 38.0 Å². The molecule has 19 heavy (non-hydrogen) atoms. The fourth-order valence-electron chi connectivity index (χ4n) is 1.72. The molecule has 2 rings (SSSR count). The molecule has 98 valence electrons. The Morgan fingerprint density at radius 3 is 2.58 bits per heavy atom. The lowest BCUT2D eigenvalue weighted by atomic mass is 10.1. The Morgan fingerprint density at radius 1 is 1.16 bits per heavy atom. The lowest BCUT2D eigenvalue weighted by Crippen LogP contribution is -2.12. The number of benzene rings is 2. The maximum atomic E-state index is 13.6. The largest absolute Gasteiger partial charge is 0.389 e. The van der Waals surface area contributed by atoms with Gasteiger partial charge in [-0.25, -0.2) is 8.78 Å². The van der Waals surface area contributed by atoms with Gasteiger partial charge in [0.1, 0.15) is 4.99 Å². The summed E-state index contributed by atoms with van der Waals surface area (Å²) in [6, 6.07) is 9.31. The van der Waals surface area contributed by atoms with Crippen molar-refractivity contribution in [2.75, 3.05) is 5.32 Å². The molecular weight excluding hydrogens is 266 g/mol. The van der Waals surface area contributed by atoms with Crippen LogP contribution in [-0.4, -0.2) is 4.99 Å². The van der Waals surface area contributed by atoms with E-state index in [0.29, 0.717) is 11.3 Å². The summed E-state index contributed by atoms with van der Waals surface area (Å²) in [6.07, 6.45) is 0. The first-order chi connectivity index (χ1) is 8.99. The van der Waals surface area contributed by atoms with Gasteiger partial charge >= 0.3 is 0 Å². The van der Waals surface area contributed by atoms with E-state index in [1.807, 2.05) is 13.0 Å². The molecule has 0 saturated heterocycles. The maximum Gasteiger partial charge on any atom is 0.182 e. The van der Waals surface area contributed by atoms with Gasteiger partial charge in [0.15, 0.2) is 11.6 Å². The summed E-state index contributed by atoms with van der Waals surface area (Å²) < 4.78 is 26.8. The van der Waals surface area contributed by atoms with E-state index in [1.54, 1.807) is 12.1 Å². The minimum Gasteiger partial charge on any atom is -0.389 e. The average Bonchev–Trinajstić information content (AvgIpc) is 2.35. The number of rotatable bonds is 3. The van der Waals surface area contributed by atoms with Crippen molar-refractivity contribution in [1.29, 1.82) is 0 Å². The number of halogens is 2. The van der Waals surface area contributed by atoms with Crippen molar-refractivity contribution in [2.24, 2.45) is 5.73 Å². The van der Waals surface area contributed by atoms with Gasteiger partial charge in [-0.3, -0.25) is 0 Å². The van der Waals surface area contributed by atoms with Crippen molar-refractivity contribution in [3.8, 4) is 0 Å². The van der Waals surface area contributed by atoms with Crippen LogP contribution in [0.1, 0.15) is 11.1 Å². The Hall–Kier alpha value is -2.01. The van der Waals surface area contributed by atoms with Crippen LogP contribution in [-0.2, 0) is 0 Å². The average molecular weight is 278 g/mol. The van der Waals surface area contributed by atoms with Crippen LogP contribution < -0.4 is 11.1 Å². The predicted molar refractivity (Wildman–Crippen MR) is 76.7 cm³/mol. The van der Waals surface area contributed by atoms with E-state index in [1.165, 1.54) is 12.1 Å². The molecule has 0 aromatic heterocycles. The molecule has 0 bridgehead atoms. The number of aryl methyl sites for hydroxylation is 1. The molecule has 2 nitrogen and oxygen atoms in total. The molecular formula is C14H12F2N2S. The Kier molecular flexibility index (Phi) is 3.76. The summed E-state index contributed by atoms with van der Waals surface area (Å²) in [6.45, 7) is 1.89. The minimum atomic E-state index is -0.933. The Labute approximate surface area is 115 Å². The third-order valence-corrected chi connectivity index (χ3v) is 2.88. The molecule has 0 heterocycles. The monoisotopic (exact) mass is 278 g/mol. The quantitative estimate of drug-likeness (QED) is 0.842. The van der Waals surface area contributed by atoms with E-state index in [2.05, 4.69) is 5.32 Å². The van der Waals surface area contributed by atoms with Crippen molar-refractivity contribution >= 4 is 28.6 Å². The minimum absolute atomic E-state index is 0.0445. The number of thiocarbonyl (C=S) groups is 1. The normalized spacial score (nSPS) is 10.3.